The molecule has 0 radical (unpaired) electrons. The molecular formula is C16H18O2S. The van der Waals surface area contributed by atoms with Gasteiger partial charge in [0.15, 0.2) is 5.78 Å². The van der Waals surface area contributed by atoms with E-state index in [9.17, 15) is 4.79 Å². The van der Waals surface area contributed by atoms with E-state index in [-0.39, 0.29) is 5.78 Å². The first-order valence-electron chi connectivity index (χ1n) is 6.23. The van der Waals surface area contributed by atoms with E-state index in [1.807, 2.05) is 11.4 Å². The molecule has 0 saturated heterocycles. The first-order chi connectivity index (χ1) is 9.01. The van der Waals surface area contributed by atoms with Gasteiger partial charge in [-0.15, -0.1) is 11.3 Å². The minimum absolute atomic E-state index is 0.156. The summed E-state index contributed by atoms with van der Waals surface area (Å²) in [5, 5.41) is 1.86. The number of benzene rings is 1. The molecule has 0 aliphatic carbocycles. The first-order valence-corrected chi connectivity index (χ1v) is 7.11. The third kappa shape index (κ3) is 3.04. The van der Waals surface area contributed by atoms with Gasteiger partial charge >= 0.3 is 0 Å². The Morgan fingerprint density at radius 2 is 1.79 bits per heavy atom. The van der Waals surface area contributed by atoms with Crippen molar-refractivity contribution in [2.45, 2.75) is 27.2 Å². The molecule has 0 bridgehead atoms. The van der Waals surface area contributed by atoms with Crippen molar-refractivity contribution < 1.29 is 9.53 Å². The zero-order valence-corrected chi connectivity index (χ0v) is 12.6. The molecule has 1 aromatic heterocycles. The van der Waals surface area contributed by atoms with Crippen molar-refractivity contribution in [1.29, 1.82) is 0 Å². The van der Waals surface area contributed by atoms with Gasteiger partial charge in [0.2, 0.25) is 0 Å². The predicted octanol–water partition coefficient (Wildman–Crippen LogP) is 4.11. The quantitative estimate of drug-likeness (QED) is 0.784. The van der Waals surface area contributed by atoms with Crippen LogP contribution in [0.5, 0.6) is 5.75 Å². The maximum Gasteiger partial charge on any atom is 0.177 e. The molecule has 1 heterocycles. The van der Waals surface area contributed by atoms with E-state index in [0.717, 1.165) is 16.2 Å². The van der Waals surface area contributed by atoms with E-state index < -0.39 is 0 Å². The zero-order valence-electron chi connectivity index (χ0n) is 11.7. The van der Waals surface area contributed by atoms with E-state index in [1.54, 1.807) is 7.11 Å². The second-order valence-electron chi connectivity index (χ2n) is 4.83. The second-order valence-corrected chi connectivity index (χ2v) is 5.74. The normalized spacial score (nSPS) is 10.5. The summed E-state index contributed by atoms with van der Waals surface area (Å²) in [4.78, 5) is 13.0. The van der Waals surface area contributed by atoms with Gasteiger partial charge in [-0.25, -0.2) is 0 Å². The lowest BCUT2D eigenvalue weighted by Crippen LogP contribution is -2.05. The van der Waals surface area contributed by atoms with Crippen LogP contribution in [-0.2, 0) is 6.42 Å². The SMILES string of the molecule is COc1csc(C(=O)Cc2c(C)cc(C)cc2C)c1. The molecule has 0 amide bonds. The highest BCUT2D eigenvalue weighted by molar-refractivity contribution is 7.12. The number of carbonyl (C=O) groups excluding carboxylic acids is 1. The average Bonchev–Trinajstić information content (AvgIpc) is 2.82. The van der Waals surface area contributed by atoms with E-state index in [2.05, 4.69) is 32.9 Å². The van der Waals surface area contributed by atoms with Crippen molar-refractivity contribution in [1.82, 2.24) is 0 Å². The van der Waals surface area contributed by atoms with Crippen LogP contribution in [0.4, 0.5) is 0 Å². The summed E-state index contributed by atoms with van der Waals surface area (Å²) in [7, 11) is 1.62. The van der Waals surface area contributed by atoms with Crippen LogP contribution in [0.15, 0.2) is 23.6 Å². The van der Waals surface area contributed by atoms with E-state index >= 15 is 0 Å². The summed E-state index contributed by atoms with van der Waals surface area (Å²) >= 11 is 1.44. The standard InChI is InChI=1S/C16H18O2S/c1-10-5-11(2)14(12(3)6-10)8-15(17)16-7-13(18-4)9-19-16/h5-7,9H,8H2,1-4H3. The fraction of sp³-hybridized carbons (Fsp3) is 0.312. The van der Waals surface area contributed by atoms with Gasteiger partial charge < -0.3 is 4.74 Å². The Hall–Kier alpha value is -1.61. The van der Waals surface area contributed by atoms with Crippen molar-refractivity contribution in [2.75, 3.05) is 7.11 Å². The molecular weight excluding hydrogens is 256 g/mol. The summed E-state index contributed by atoms with van der Waals surface area (Å²) in [6, 6.07) is 6.07. The molecule has 0 aliphatic heterocycles. The number of thiophene rings is 1. The maximum atomic E-state index is 12.3. The van der Waals surface area contributed by atoms with Crippen molar-refractivity contribution in [3.8, 4) is 5.75 Å². The molecule has 2 nitrogen and oxygen atoms in total. The summed E-state index contributed by atoms with van der Waals surface area (Å²) in [6.45, 7) is 6.21. The van der Waals surface area contributed by atoms with E-state index in [1.165, 1.54) is 28.0 Å². The molecule has 0 fully saturated rings. The number of rotatable bonds is 4. The highest BCUT2D eigenvalue weighted by atomic mass is 32.1. The predicted molar refractivity (Wildman–Crippen MR) is 79.6 cm³/mol. The Bertz CT molecular complexity index is 588. The van der Waals surface area contributed by atoms with Crippen LogP contribution in [0.1, 0.15) is 31.9 Å². The fourth-order valence-electron chi connectivity index (χ4n) is 2.31. The summed E-state index contributed by atoms with van der Waals surface area (Å²) in [5.74, 6) is 0.911. The summed E-state index contributed by atoms with van der Waals surface area (Å²) < 4.78 is 5.12. The van der Waals surface area contributed by atoms with Gasteiger partial charge in [-0.3, -0.25) is 4.79 Å². The number of hydrogen-bond donors (Lipinski definition) is 0. The number of methoxy groups -OCH3 is 1. The van der Waals surface area contributed by atoms with Gasteiger partial charge in [-0.05, 0) is 37.5 Å². The van der Waals surface area contributed by atoms with Crippen LogP contribution in [0.2, 0.25) is 0 Å². The molecule has 19 heavy (non-hydrogen) atoms. The molecule has 0 spiro atoms. The molecule has 100 valence electrons. The van der Waals surface area contributed by atoms with Crippen molar-refractivity contribution >= 4 is 17.1 Å². The number of carbonyl (C=O) groups is 1. The zero-order chi connectivity index (χ0) is 14.0. The Kier molecular flexibility index (Phi) is 4.05. The minimum atomic E-state index is 0.156. The van der Waals surface area contributed by atoms with E-state index in [4.69, 9.17) is 4.74 Å². The second kappa shape index (κ2) is 5.57. The number of hydrogen-bond acceptors (Lipinski definition) is 3. The monoisotopic (exact) mass is 274 g/mol. The lowest BCUT2D eigenvalue weighted by atomic mass is 9.95. The third-order valence-electron chi connectivity index (χ3n) is 3.26. The molecule has 0 unspecified atom stereocenters. The lowest BCUT2D eigenvalue weighted by Gasteiger charge is -2.10. The van der Waals surface area contributed by atoms with Gasteiger partial charge in [-0.1, -0.05) is 17.7 Å². The largest absolute Gasteiger partial charge is 0.496 e. The molecule has 2 aromatic rings. The van der Waals surface area contributed by atoms with Gasteiger partial charge in [0.25, 0.3) is 0 Å². The minimum Gasteiger partial charge on any atom is -0.496 e. The topological polar surface area (TPSA) is 26.3 Å². The molecule has 0 atom stereocenters. The van der Waals surface area contributed by atoms with Crippen molar-refractivity contribution in [3.63, 3.8) is 0 Å². The highest BCUT2D eigenvalue weighted by Crippen LogP contribution is 2.24. The van der Waals surface area contributed by atoms with E-state index in [0.29, 0.717) is 6.42 Å². The third-order valence-corrected chi connectivity index (χ3v) is 4.21. The average molecular weight is 274 g/mol. The first kappa shape index (κ1) is 13.8. The number of ether oxygens (including phenoxy) is 1. The lowest BCUT2D eigenvalue weighted by molar-refractivity contribution is 0.0996. The summed E-state index contributed by atoms with van der Waals surface area (Å²) in [6.07, 6.45) is 0.460. The van der Waals surface area contributed by atoms with Gasteiger partial charge in [0.05, 0.1) is 12.0 Å². The number of ketones is 1. The van der Waals surface area contributed by atoms with Crippen LogP contribution >= 0.6 is 11.3 Å². The van der Waals surface area contributed by atoms with Crippen molar-refractivity contribution in [2.24, 2.45) is 0 Å². The van der Waals surface area contributed by atoms with Crippen LogP contribution in [0.25, 0.3) is 0 Å². The van der Waals surface area contributed by atoms with Crippen LogP contribution in [0, 0.1) is 20.8 Å². The molecule has 2 rings (SSSR count). The van der Waals surface area contributed by atoms with Gasteiger partial charge in [0, 0.05) is 17.9 Å². The Labute approximate surface area is 118 Å². The Morgan fingerprint density at radius 3 is 2.32 bits per heavy atom. The molecule has 0 saturated carbocycles. The molecule has 1 aromatic carbocycles. The molecule has 0 N–H and O–H groups in total. The van der Waals surface area contributed by atoms with Crippen molar-refractivity contribution in [3.05, 3.63) is 50.7 Å². The Morgan fingerprint density at radius 1 is 1.16 bits per heavy atom. The van der Waals surface area contributed by atoms with Gasteiger partial charge in [-0.2, -0.15) is 0 Å². The fourth-order valence-corrected chi connectivity index (χ4v) is 3.10. The van der Waals surface area contributed by atoms with Crippen LogP contribution < -0.4 is 4.74 Å². The van der Waals surface area contributed by atoms with Crippen LogP contribution in [0.3, 0.4) is 0 Å². The Balaban J connectivity index is 2.24. The van der Waals surface area contributed by atoms with Gasteiger partial charge in [0.1, 0.15) is 5.75 Å². The number of aryl methyl sites for hydroxylation is 3. The highest BCUT2D eigenvalue weighted by Gasteiger charge is 2.13. The molecule has 0 aliphatic rings. The maximum absolute atomic E-state index is 12.3. The number of Topliss-reactive ketones (excluding diaryl/α,β-unsaturated/α-hetero) is 1. The summed E-state index contributed by atoms with van der Waals surface area (Å²) in [5.41, 5.74) is 4.76. The molecule has 3 heteroatoms. The van der Waals surface area contributed by atoms with Crippen LogP contribution in [-0.4, -0.2) is 12.9 Å². The smallest absolute Gasteiger partial charge is 0.177 e.